The summed E-state index contributed by atoms with van der Waals surface area (Å²) in [6.07, 6.45) is 2.94. The lowest BCUT2D eigenvalue weighted by Gasteiger charge is -2.16. The molecule has 0 spiro atoms. The maximum Gasteiger partial charge on any atom is 0.157 e. The van der Waals surface area contributed by atoms with E-state index in [4.69, 9.17) is 14.2 Å². The highest BCUT2D eigenvalue weighted by Gasteiger charge is 2.07. The summed E-state index contributed by atoms with van der Waals surface area (Å²) in [4.78, 5) is 0. The molecule has 3 nitrogen and oxygen atoms in total. The van der Waals surface area contributed by atoms with Crippen LogP contribution in [0.15, 0.2) is 24.3 Å². The second kappa shape index (κ2) is 8.95. The molecule has 0 N–H and O–H groups in total. The third-order valence-corrected chi connectivity index (χ3v) is 2.74. The summed E-state index contributed by atoms with van der Waals surface area (Å²) in [5.41, 5.74) is 1.29. The minimum absolute atomic E-state index is 0.0643. The molecule has 0 unspecified atom stereocenters. The highest BCUT2D eigenvalue weighted by Crippen LogP contribution is 2.15. The van der Waals surface area contributed by atoms with Crippen molar-refractivity contribution in [3.8, 4) is 5.75 Å². The van der Waals surface area contributed by atoms with E-state index in [0.717, 1.165) is 25.0 Å². The number of rotatable bonds is 9. The smallest absolute Gasteiger partial charge is 0.157 e. The fourth-order valence-corrected chi connectivity index (χ4v) is 1.89. The molecule has 102 valence electrons. The van der Waals surface area contributed by atoms with Gasteiger partial charge in [-0.25, -0.2) is 0 Å². The van der Waals surface area contributed by atoms with Crippen LogP contribution in [0.2, 0.25) is 0 Å². The van der Waals surface area contributed by atoms with Gasteiger partial charge < -0.3 is 14.2 Å². The second-order valence-corrected chi connectivity index (χ2v) is 4.08. The molecule has 0 aliphatic rings. The largest absolute Gasteiger partial charge is 0.497 e. The van der Waals surface area contributed by atoms with Gasteiger partial charge in [-0.05, 0) is 50.8 Å². The van der Waals surface area contributed by atoms with Crippen molar-refractivity contribution in [2.75, 3.05) is 20.3 Å². The molecule has 1 aromatic carbocycles. The number of benzene rings is 1. The van der Waals surface area contributed by atoms with Crippen LogP contribution in [-0.4, -0.2) is 26.6 Å². The van der Waals surface area contributed by atoms with Crippen LogP contribution in [0, 0.1) is 0 Å². The molecule has 0 saturated carbocycles. The number of aryl methyl sites for hydroxylation is 1. The first kappa shape index (κ1) is 15.0. The van der Waals surface area contributed by atoms with E-state index >= 15 is 0 Å². The molecule has 0 amide bonds. The predicted octanol–water partition coefficient (Wildman–Crippen LogP) is 3.42. The van der Waals surface area contributed by atoms with Crippen molar-refractivity contribution in [2.45, 2.75) is 39.4 Å². The molecule has 18 heavy (non-hydrogen) atoms. The van der Waals surface area contributed by atoms with E-state index in [2.05, 4.69) is 12.1 Å². The molecule has 0 aliphatic carbocycles. The molecule has 0 aromatic heterocycles. The molecular formula is C15H24O3. The normalized spacial score (nSPS) is 10.9. The minimum atomic E-state index is -0.0643. The Balaban J connectivity index is 2.34. The first-order valence-corrected chi connectivity index (χ1v) is 6.66. The third-order valence-electron chi connectivity index (χ3n) is 2.74. The summed E-state index contributed by atoms with van der Waals surface area (Å²) in [5.74, 6) is 0.915. The Morgan fingerprint density at radius 2 is 1.83 bits per heavy atom. The van der Waals surface area contributed by atoms with Gasteiger partial charge in [-0.15, -0.1) is 0 Å². The SMILES string of the molecule is CCOC(CCCc1cccc(OC)c1)OCC. The Morgan fingerprint density at radius 3 is 2.44 bits per heavy atom. The van der Waals surface area contributed by atoms with Crippen molar-refractivity contribution >= 4 is 0 Å². The monoisotopic (exact) mass is 252 g/mol. The van der Waals surface area contributed by atoms with E-state index in [9.17, 15) is 0 Å². The fraction of sp³-hybridized carbons (Fsp3) is 0.600. The molecule has 3 heteroatoms. The Hall–Kier alpha value is -1.06. The van der Waals surface area contributed by atoms with Gasteiger partial charge in [-0.2, -0.15) is 0 Å². The van der Waals surface area contributed by atoms with Crippen LogP contribution in [0.1, 0.15) is 32.3 Å². The molecule has 0 bridgehead atoms. The molecule has 0 atom stereocenters. The van der Waals surface area contributed by atoms with E-state index < -0.39 is 0 Å². The third kappa shape index (κ3) is 5.52. The summed E-state index contributed by atoms with van der Waals surface area (Å²) in [6.45, 7) is 5.38. The van der Waals surface area contributed by atoms with E-state index in [1.54, 1.807) is 7.11 Å². The van der Waals surface area contributed by atoms with Crippen molar-refractivity contribution in [3.63, 3.8) is 0 Å². The average Bonchev–Trinajstić information content (AvgIpc) is 2.39. The lowest BCUT2D eigenvalue weighted by atomic mass is 10.1. The van der Waals surface area contributed by atoms with Crippen LogP contribution >= 0.6 is 0 Å². The highest BCUT2D eigenvalue weighted by atomic mass is 16.7. The summed E-state index contributed by atoms with van der Waals surface area (Å²) in [5, 5.41) is 0. The standard InChI is InChI=1S/C15H24O3/c1-4-17-15(18-5-2)11-7-9-13-8-6-10-14(12-13)16-3/h6,8,10,12,15H,4-5,7,9,11H2,1-3H3. The van der Waals surface area contributed by atoms with E-state index in [-0.39, 0.29) is 6.29 Å². The highest BCUT2D eigenvalue weighted by molar-refractivity contribution is 5.28. The fourth-order valence-electron chi connectivity index (χ4n) is 1.89. The zero-order chi connectivity index (χ0) is 13.2. The number of hydrogen-bond donors (Lipinski definition) is 0. The van der Waals surface area contributed by atoms with Gasteiger partial charge >= 0.3 is 0 Å². The van der Waals surface area contributed by atoms with Gasteiger partial charge in [0.2, 0.25) is 0 Å². The molecule has 0 fully saturated rings. The van der Waals surface area contributed by atoms with Crippen LogP contribution < -0.4 is 4.74 Å². The Bertz CT molecular complexity index is 319. The maximum atomic E-state index is 5.52. The quantitative estimate of drug-likeness (QED) is 0.630. The molecular weight excluding hydrogens is 228 g/mol. The van der Waals surface area contributed by atoms with Crippen molar-refractivity contribution in [2.24, 2.45) is 0 Å². The van der Waals surface area contributed by atoms with Gasteiger partial charge in [0, 0.05) is 13.2 Å². The van der Waals surface area contributed by atoms with Crippen molar-refractivity contribution in [1.82, 2.24) is 0 Å². The molecule has 1 aromatic rings. The molecule has 1 rings (SSSR count). The maximum absolute atomic E-state index is 5.52. The molecule has 0 aliphatic heterocycles. The minimum Gasteiger partial charge on any atom is -0.497 e. The zero-order valence-electron chi connectivity index (χ0n) is 11.6. The van der Waals surface area contributed by atoms with Crippen molar-refractivity contribution < 1.29 is 14.2 Å². The van der Waals surface area contributed by atoms with Crippen molar-refractivity contribution in [1.29, 1.82) is 0 Å². The Labute approximate surface area is 110 Å². The number of methoxy groups -OCH3 is 1. The number of ether oxygens (including phenoxy) is 3. The summed E-state index contributed by atoms with van der Waals surface area (Å²) in [7, 11) is 1.69. The molecule has 0 heterocycles. The summed E-state index contributed by atoms with van der Waals surface area (Å²) < 4.78 is 16.2. The van der Waals surface area contributed by atoms with E-state index in [0.29, 0.717) is 13.2 Å². The van der Waals surface area contributed by atoms with Crippen LogP contribution in [-0.2, 0) is 15.9 Å². The van der Waals surface area contributed by atoms with Crippen LogP contribution in [0.3, 0.4) is 0 Å². The predicted molar refractivity (Wildman–Crippen MR) is 73.0 cm³/mol. The van der Waals surface area contributed by atoms with Gasteiger partial charge in [0.1, 0.15) is 5.75 Å². The van der Waals surface area contributed by atoms with Gasteiger partial charge in [0.05, 0.1) is 7.11 Å². The van der Waals surface area contributed by atoms with Gasteiger partial charge in [-0.1, -0.05) is 12.1 Å². The molecule has 0 radical (unpaired) electrons. The summed E-state index contributed by atoms with van der Waals surface area (Å²) >= 11 is 0. The van der Waals surface area contributed by atoms with Gasteiger partial charge in [-0.3, -0.25) is 0 Å². The first-order chi connectivity index (χ1) is 8.80. The van der Waals surface area contributed by atoms with Crippen LogP contribution in [0.4, 0.5) is 0 Å². The number of hydrogen-bond acceptors (Lipinski definition) is 3. The summed E-state index contributed by atoms with van der Waals surface area (Å²) in [6, 6.07) is 8.19. The van der Waals surface area contributed by atoms with Gasteiger partial charge in [0.25, 0.3) is 0 Å². The van der Waals surface area contributed by atoms with E-state index in [1.165, 1.54) is 5.56 Å². The lowest BCUT2D eigenvalue weighted by Crippen LogP contribution is -2.17. The van der Waals surface area contributed by atoms with Crippen LogP contribution in [0.5, 0.6) is 5.75 Å². The van der Waals surface area contributed by atoms with Crippen molar-refractivity contribution in [3.05, 3.63) is 29.8 Å². The van der Waals surface area contributed by atoms with E-state index in [1.807, 2.05) is 26.0 Å². The van der Waals surface area contributed by atoms with Gasteiger partial charge in [0.15, 0.2) is 6.29 Å². The molecule has 0 saturated heterocycles. The average molecular weight is 252 g/mol. The lowest BCUT2D eigenvalue weighted by molar-refractivity contribution is -0.139. The Kier molecular flexibility index (Phi) is 7.46. The second-order valence-electron chi connectivity index (χ2n) is 4.08. The van der Waals surface area contributed by atoms with Crippen LogP contribution in [0.25, 0.3) is 0 Å². The zero-order valence-corrected chi connectivity index (χ0v) is 11.6. The first-order valence-electron chi connectivity index (χ1n) is 6.66. The Morgan fingerprint density at radius 1 is 1.11 bits per heavy atom. The topological polar surface area (TPSA) is 27.7 Å².